The number of nitrogens with one attached hydrogen (secondary N) is 1. The minimum absolute atomic E-state index is 0.102. The number of hydrogen-bond acceptors (Lipinski definition) is 5. The monoisotopic (exact) mass is 403 g/mol. The SMILES string of the molecule is O=C(CCSc1ccccc1)NCCN1CCN(C(=O)c2ccsc2)CC1. The smallest absolute Gasteiger partial charge is 0.254 e. The Labute approximate surface area is 168 Å². The molecule has 2 aromatic rings. The van der Waals surface area contributed by atoms with E-state index in [4.69, 9.17) is 0 Å². The van der Waals surface area contributed by atoms with Gasteiger partial charge in [0.2, 0.25) is 5.91 Å². The summed E-state index contributed by atoms with van der Waals surface area (Å²) >= 11 is 3.25. The van der Waals surface area contributed by atoms with Gasteiger partial charge in [0.1, 0.15) is 0 Å². The molecule has 0 spiro atoms. The highest BCUT2D eigenvalue weighted by atomic mass is 32.2. The van der Waals surface area contributed by atoms with Gasteiger partial charge in [-0.2, -0.15) is 11.3 Å². The first-order valence-electron chi connectivity index (χ1n) is 9.21. The first-order chi connectivity index (χ1) is 13.2. The van der Waals surface area contributed by atoms with Gasteiger partial charge in [-0.05, 0) is 23.6 Å². The zero-order chi connectivity index (χ0) is 18.9. The molecule has 0 atom stereocenters. The van der Waals surface area contributed by atoms with Gasteiger partial charge in [0, 0.05) is 61.7 Å². The molecular weight excluding hydrogens is 378 g/mol. The molecule has 27 heavy (non-hydrogen) atoms. The Balaban J connectivity index is 1.27. The number of amides is 2. The van der Waals surface area contributed by atoms with Crippen LogP contribution in [0, 0.1) is 0 Å². The van der Waals surface area contributed by atoms with E-state index in [1.54, 1.807) is 23.1 Å². The molecular formula is C20H25N3O2S2. The van der Waals surface area contributed by atoms with E-state index in [0.717, 1.165) is 44.0 Å². The van der Waals surface area contributed by atoms with Gasteiger partial charge < -0.3 is 10.2 Å². The summed E-state index contributed by atoms with van der Waals surface area (Å²) in [6.45, 7) is 4.70. The second kappa shape index (κ2) is 10.5. The van der Waals surface area contributed by atoms with Crippen molar-refractivity contribution in [1.29, 1.82) is 0 Å². The predicted molar refractivity (Wildman–Crippen MR) is 111 cm³/mol. The first-order valence-corrected chi connectivity index (χ1v) is 11.1. The van der Waals surface area contributed by atoms with Crippen molar-refractivity contribution in [2.45, 2.75) is 11.3 Å². The summed E-state index contributed by atoms with van der Waals surface area (Å²) in [5.74, 6) is 1.02. The molecule has 0 unspecified atom stereocenters. The van der Waals surface area contributed by atoms with Gasteiger partial charge in [-0.25, -0.2) is 0 Å². The molecule has 0 radical (unpaired) electrons. The number of hydrogen-bond donors (Lipinski definition) is 1. The number of benzene rings is 1. The minimum Gasteiger partial charge on any atom is -0.355 e. The van der Waals surface area contributed by atoms with Crippen molar-refractivity contribution in [2.75, 3.05) is 45.0 Å². The molecule has 144 valence electrons. The molecule has 1 fully saturated rings. The number of thiophene rings is 1. The van der Waals surface area contributed by atoms with E-state index in [1.165, 1.54) is 4.90 Å². The molecule has 1 aliphatic rings. The second-order valence-corrected chi connectivity index (χ2v) is 8.36. The summed E-state index contributed by atoms with van der Waals surface area (Å²) in [4.78, 5) is 29.7. The lowest BCUT2D eigenvalue weighted by Gasteiger charge is -2.34. The van der Waals surface area contributed by atoms with Crippen molar-refractivity contribution in [2.24, 2.45) is 0 Å². The number of carbonyl (C=O) groups is 2. The van der Waals surface area contributed by atoms with Crippen molar-refractivity contribution in [3.63, 3.8) is 0 Å². The van der Waals surface area contributed by atoms with Crippen LogP contribution in [0.1, 0.15) is 16.8 Å². The zero-order valence-corrected chi connectivity index (χ0v) is 16.9. The van der Waals surface area contributed by atoms with Crippen LogP contribution in [0.15, 0.2) is 52.1 Å². The Morgan fingerprint density at radius 2 is 1.85 bits per heavy atom. The summed E-state index contributed by atoms with van der Waals surface area (Å²) in [5.41, 5.74) is 0.786. The fourth-order valence-electron chi connectivity index (χ4n) is 2.96. The number of thioether (sulfide) groups is 1. The second-order valence-electron chi connectivity index (χ2n) is 6.41. The maximum Gasteiger partial charge on any atom is 0.254 e. The van der Waals surface area contributed by atoms with Crippen LogP contribution in [-0.2, 0) is 4.79 Å². The molecule has 1 saturated heterocycles. The van der Waals surface area contributed by atoms with Gasteiger partial charge in [0.25, 0.3) is 5.91 Å². The van der Waals surface area contributed by atoms with Crippen LogP contribution in [0.3, 0.4) is 0 Å². The maximum atomic E-state index is 12.3. The molecule has 1 aliphatic heterocycles. The van der Waals surface area contributed by atoms with Crippen LogP contribution >= 0.6 is 23.1 Å². The molecule has 5 nitrogen and oxygen atoms in total. The van der Waals surface area contributed by atoms with E-state index >= 15 is 0 Å². The standard InChI is InChI=1S/C20H25N3O2S2/c24-19(7-15-27-18-4-2-1-3-5-18)21-8-9-22-10-12-23(13-11-22)20(25)17-6-14-26-16-17/h1-6,14,16H,7-13,15H2,(H,21,24). The summed E-state index contributed by atoms with van der Waals surface area (Å²) < 4.78 is 0. The molecule has 1 N–H and O–H groups in total. The lowest BCUT2D eigenvalue weighted by Crippen LogP contribution is -2.50. The Morgan fingerprint density at radius 3 is 2.56 bits per heavy atom. The predicted octanol–water partition coefficient (Wildman–Crippen LogP) is 2.80. The number of rotatable bonds is 8. The van der Waals surface area contributed by atoms with Crippen molar-refractivity contribution in [1.82, 2.24) is 15.1 Å². The Kier molecular flexibility index (Phi) is 7.74. The number of piperazine rings is 1. The summed E-state index contributed by atoms with van der Waals surface area (Å²) in [7, 11) is 0. The quantitative estimate of drug-likeness (QED) is 0.689. The fraction of sp³-hybridized carbons (Fsp3) is 0.400. The van der Waals surface area contributed by atoms with Crippen molar-refractivity contribution in [3.05, 3.63) is 52.7 Å². The summed E-state index contributed by atoms with van der Waals surface area (Å²) in [6.07, 6.45) is 0.530. The lowest BCUT2D eigenvalue weighted by atomic mass is 10.2. The Morgan fingerprint density at radius 1 is 1.07 bits per heavy atom. The van der Waals surface area contributed by atoms with E-state index in [-0.39, 0.29) is 11.8 Å². The summed E-state index contributed by atoms with van der Waals surface area (Å²) in [5, 5.41) is 6.84. The molecule has 1 aromatic carbocycles. The zero-order valence-electron chi connectivity index (χ0n) is 15.3. The Bertz CT molecular complexity index is 714. The van der Waals surface area contributed by atoms with E-state index in [0.29, 0.717) is 13.0 Å². The first kappa shape index (κ1) is 19.9. The van der Waals surface area contributed by atoms with Gasteiger partial charge in [-0.3, -0.25) is 14.5 Å². The Hall–Kier alpha value is -1.83. The fourth-order valence-corrected chi connectivity index (χ4v) is 4.47. The van der Waals surface area contributed by atoms with Crippen molar-refractivity contribution < 1.29 is 9.59 Å². The van der Waals surface area contributed by atoms with Crippen LogP contribution in [0.4, 0.5) is 0 Å². The van der Waals surface area contributed by atoms with Gasteiger partial charge in [0.05, 0.1) is 5.56 Å². The van der Waals surface area contributed by atoms with E-state index in [1.807, 2.05) is 39.9 Å². The third-order valence-corrected chi connectivity index (χ3v) is 6.22. The van der Waals surface area contributed by atoms with Crippen LogP contribution in [0.25, 0.3) is 0 Å². The van der Waals surface area contributed by atoms with Crippen LogP contribution < -0.4 is 5.32 Å². The molecule has 0 saturated carbocycles. The molecule has 1 aromatic heterocycles. The molecule has 2 heterocycles. The number of carbonyl (C=O) groups excluding carboxylic acids is 2. The number of nitrogens with zero attached hydrogens (tertiary/aromatic N) is 2. The van der Waals surface area contributed by atoms with Crippen LogP contribution in [0.5, 0.6) is 0 Å². The molecule has 2 amide bonds. The van der Waals surface area contributed by atoms with Gasteiger partial charge in [0.15, 0.2) is 0 Å². The largest absolute Gasteiger partial charge is 0.355 e. The normalized spacial score (nSPS) is 14.9. The highest BCUT2D eigenvalue weighted by Gasteiger charge is 2.22. The van der Waals surface area contributed by atoms with E-state index in [2.05, 4.69) is 22.3 Å². The lowest BCUT2D eigenvalue weighted by molar-refractivity contribution is -0.120. The maximum absolute atomic E-state index is 12.3. The average molecular weight is 404 g/mol. The van der Waals surface area contributed by atoms with Gasteiger partial charge in [-0.15, -0.1) is 11.8 Å². The van der Waals surface area contributed by atoms with Crippen molar-refractivity contribution in [3.8, 4) is 0 Å². The molecule has 7 heteroatoms. The summed E-state index contributed by atoms with van der Waals surface area (Å²) in [6, 6.07) is 12.0. The van der Waals surface area contributed by atoms with Gasteiger partial charge in [-0.1, -0.05) is 18.2 Å². The van der Waals surface area contributed by atoms with Crippen molar-refractivity contribution >= 4 is 34.9 Å². The minimum atomic E-state index is 0.102. The molecule has 0 aliphatic carbocycles. The average Bonchev–Trinajstić information content (AvgIpc) is 3.24. The molecule has 0 bridgehead atoms. The highest BCUT2D eigenvalue weighted by molar-refractivity contribution is 7.99. The topological polar surface area (TPSA) is 52.7 Å². The van der Waals surface area contributed by atoms with Crippen LogP contribution in [-0.4, -0.2) is 66.6 Å². The third-order valence-electron chi connectivity index (χ3n) is 4.52. The van der Waals surface area contributed by atoms with E-state index in [9.17, 15) is 9.59 Å². The highest BCUT2D eigenvalue weighted by Crippen LogP contribution is 2.17. The van der Waals surface area contributed by atoms with E-state index < -0.39 is 0 Å². The van der Waals surface area contributed by atoms with Crippen LogP contribution in [0.2, 0.25) is 0 Å². The molecule has 3 rings (SSSR count). The van der Waals surface area contributed by atoms with Gasteiger partial charge >= 0.3 is 0 Å². The third kappa shape index (κ3) is 6.37.